The number of nitrogens with zero attached hydrogens (tertiary/aromatic N) is 1. The molecule has 0 saturated heterocycles. The lowest BCUT2D eigenvalue weighted by molar-refractivity contribution is -0.143. The summed E-state index contributed by atoms with van der Waals surface area (Å²) in [6.07, 6.45) is 2.55. The molecule has 0 heterocycles. The van der Waals surface area contributed by atoms with Gasteiger partial charge in [0.05, 0.1) is 14.2 Å². The Hall–Kier alpha value is -2.50. The van der Waals surface area contributed by atoms with Crippen molar-refractivity contribution in [1.29, 1.82) is 0 Å². The van der Waals surface area contributed by atoms with Gasteiger partial charge in [0.1, 0.15) is 18.0 Å². The number of benzene rings is 1. The highest BCUT2D eigenvalue weighted by atomic mass is 16.5. The lowest BCUT2D eigenvalue weighted by Crippen LogP contribution is -2.36. The van der Waals surface area contributed by atoms with E-state index in [0.717, 1.165) is 29.6 Å². The summed E-state index contributed by atoms with van der Waals surface area (Å²) in [5.74, 6) is -0.0321. The van der Waals surface area contributed by atoms with Gasteiger partial charge >= 0.3 is 5.97 Å². The summed E-state index contributed by atoms with van der Waals surface area (Å²) in [7, 11) is 3.09. The molecule has 0 spiro atoms. The summed E-state index contributed by atoms with van der Waals surface area (Å²) >= 11 is 0. The van der Waals surface area contributed by atoms with E-state index in [-0.39, 0.29) is 19.0 Å². The zero-order valence-corrected chi connectivity index (χ0v) is 14.3. The highest BCUT2D eigenvalue weighted by Gasteiger charge is 2.25. The molecule has 1 N–H and O–H groups in total. The van der Waals surface area contributed by atoms with Gasteiger partial charge in [-0.15, -0.1) is 0 Å². The minimum atomic E-state index is -1.03. The Balaban J connectivity index is 2.27. The number of hydrogen-bond acceptors (Lipinski definition) is 4. The monoisotopic (exact) mass is 333 g/mol. The highest BCUT2D eigenvalue weighted by molar-refractivity contribution is 5.96. The number of carbonyl (C=O) groups is 2. The van der Waals surface area contributed by atoms with E-state index >= 15 is 0 Å². The van der Waals surface area contributed by atoms with Crippen molar-refractivity contribution in [3.63, 3.8) is 0 Å². The van der Waals surface area contributed by atoms with Crippen LogP contribution in [0.5, 0.6) is 11.5 Å². The average molecular weight is 333 g/mol. The number of aliphatic carboxylic acids is 1. The van der Waals surface area contributed by atoms with Gasteiger partial charge in [0.15, 0.2) is 0 Å². The van der Waals surface area contributed by atoms with Crippen molar-refractivity contribution >= 4 is 11.9 Å². The fourth-order valence-electron chi connectivity index (χ4n) is 2.92. The van der Waals surface area contributed by atoms with Gasteiger partial charge in [0.2, 0.25) is 0 Å². The number of amides is 1. The third kappa shape index (κ3) is 4.28. The highest BCUT2D eigenvalue weighted by Crippen LogP contribution is 2.28. The van der Waals surface area contributed by atoms with E-state index in [2.05, 4.69) is 0 Å². The first-order chi connectivity index (χ1) is 11.4. The number of allylic oxidation sites excluding steroid dienone is 1. The molecule has 0 unspecified atom stereocenters. The molecule has 24 heavy (non-hydrogen) atoms. The maximum atomic E-state index is 12.7. The van der Waals surface area contributed by atoms with Gasteiger partial charge in [-0.05, 0) is 43.9 Å². The van der Waals surface area contributed by atoms with Gasteiger partial charge in [0.25, 0.3) is 5.91 Å². The first-order valence-corrected chi connectivity index (χ1v) is 7.86. The molecule has 1 amide bonds. The van der Waals surface area contributed by atoms with Crippen LogP contribution in [0.25, 0.3) is 0 Å². The van der Waals surface area contributed by atoms with Gasteiger partial charge in [0, 0.05) is 18.2 Å². The smallest absolute Gasteiger partial charge is 0.323 e. The normalized spacial score (nSPS) is 13.8. The third-order valence-corrected chi connectivity index (χ3v) is 4.15. The Bertz CT molecular complexity index is 643. The second kappa shape index (κ2) is 7.86. The van der Waals surface area contributed by atoms with Crippen molar-refractivity contribution in [3.8, 4) is 11.5 Å². The van der Waals surface area contributed by atoms with Crippen LogP contribution in [0, 0.1) is 0 Å². The molecule has 6 nitrogen and oxygen atoms in total. The molecule has 6 heteroatoms. The molecule has 130 valence electrons. The third-order valence-electron chi connectivity index (χ3n) is 4.15. The largest absolute Gasteiger partial charge is 0.497 e. The van der Waals surface area contributed by atoms with Crippen molar-refractivity contribution in [3.05, 3.63) is 34.9 Å². The summed E-state index contributed by atoms with van der Waals surface area (Å²) in [6.45, 7) is 1.79. The fraction of sp³-hybridized carbons (Fsp3) is 0.444. The zero-order chi connectivity index (χ0) is 17.7. The van der Waals surface area contributed by atoms with Crippen LogP contribution in [0.2, 0.25) is 0 Å². The lowest BCUT2D eigenvalue weighted by Gasteiger charge is -2.22. The Morgan fingerprint density at radius 3 is 2.21 bits per heavy atom. The van der Waals surface area contributed by atoms with Crippen molar-refractivity contribution in [1.82, 2.24) is 4.90 Å². The molecule has 0 aliphatic heterocycles. The molecule has 0 radical (unpaired) electrons. The SMILES string of the molecule is COc1cc(CN(CC(=O)O)C(=O)C2=C(C)CCC2)cc(OC)c1. The maximum absolute atomic E-state index is 12.7. The Morgan fingerprint density at radius 2 is 1.75 bits per heavy atom. The lowest BCUT2D eigenvalue weighted by atomic mass is 10.1. The van der Waals surface area contributed by atoms with Crippen LogP contribution in [0.15, 0.2) is 29.3 Å². The van der Waals surface area contributed by atoms with E-state index in [1.54, 1.807) is 32.4 Å². The standard InChI is InChI=1S/C18H23NO5/c1-12-5-4-6-16(12)18(22)19(11-17(20)21)10-13-7-14(23-2)9-15(8-13)24-3/h7-9H,4-6,10-11H2,1-3H3,(H,20,21). The van der Waals surface area contributed by atoms with Crippen molar-refractivity contribution < 1.29 is 24.2 Å². The van der Waals surface area contributed by atoms with Crippen LogP contribution in [0.1, 0.15) is 31.7 Å². The van der Waals surface area contributed by atoms with E-state index in [1.807, 2.05) is 6.92 Å². The molecule has 0 atom stereocenters. The molecular weight excluding hydrogens is 310 g/mol. The molecule has 1 aromatic rings. The summed E-state index contributed by atoms with van der Waals surface area (Å²) in [5, 5.41) is 9.16. The predicted octanol–water partition coefficient (Wildman–Crippen LogP) is 2.62. The Morgan fingerprint density at radius 1 is 1.12 bits per heavy atom. The van der Waals surface area contributed by atoms with Crippen molar-refractivity contribution in [2.75, 3.05) is 20.8 Å². The molecule has 0 bridgehead atoms. The van der Waals surface area contributed by atoms with Crippen LogP contribution >= 0.6 is 0 Å². The van der Waals surface area contributed by atoms with E-state index < -0.39 is 5.97 Å². The van der Waals surface area contributed by atoms with Crippen LogP contribution in [-0.2, 0) is 16.1 Å². The second-order valence-electron chi connectivity index (χ2n) is 5.89. The number of carboxylic acids is 1. The molecule has 0 saturated carbocycles. The van der Waals surface area contributed by atoms with Gasteiger partial charge in [-0.2, -0.15) is 0 Å². The molecule has 0 fully saturated rings. The minimum absolute atomic E-state index is 0.190. The maximum Gasteiger partial charge on any atom is 0.323 e. The van der Waals surface area contributed by atoms with Crippen LogP contribution in [0.4, 0.5) is 0 Å². The Labute approximate surface area is 141 Å². The van der Waals surface area contributed by atoms with E-state index in [4.69, 9.17) is 14.6 Å². The van der Waals surface area contributed by atoms with E-state index in [1.165, 1.54) is 4.90 Å². The van der Waals surface area contributed by atoms with Gasteiger partial charge in [-0.1, -0.05) is 5.57 Å². The van der Waals surface area contributed by atoms with Gasteiger partial charge in [-0.25, -0.2) is 0 Å². The van der Waals surface area contributed by atoms with E-state index in [0.29, 0.717) is 17.9 Å². The number of hydrogen-bond donors (Lipinski definition) is 1. The topological polar surface area (TPSA) is 76.1 Å². The van der Waals surface area contributed by atoms with Crippen molar-refractivity contribution in [2.24, 2.45) is 0 Å². The first-order valence-electron chi connectivity index (χ1n) is 7.86. The zero-order valence-electron chi connectivity index (χ0n) is 14.3. The van der Waals surface area contributed by atoms with Crippen LogP contribution in [0.3, 0.4) is 0 Å². The minimum Gasteiger partial charge on any atom is -0.497 e. The molecule has 1 aliphatic rings. The molecule has 2 rings (SSSR count). The first kappa shape index (κ1) is 17.8. The molecule has 1 aliphatic carbocycles. The number of carboxylic acid groups (broad SMARTS) is 1. The molecule has 1 aromatic carbocycles. The van der Waals surface area contributed by atoms with Gasteiger partial charge < -0.3 is 19.5 Å². The van der Waals surface area contributed by atoms with E-state index in [9.17, 15) is 9.59 Å². The summed E-state index contributed by atoms with van der Waals surface area (Å²) in [4.78, 5) is 25.3. The molecular formula is C18H23NO5. The number of rotatable bonds is 7. The predicted molar refractivity (Wildman–Crippen MR) is 89.1 cm³/mol. The van der Waals surface area contributed by atoms with Crippen LogP contribution in [-0.4, -0.2) is 42.6 Å². The number of carbonyl (C=O) groups excluding carboxylic acids is 1. The summed E-state index contributed by atoms with van der Waals surface area (Å²) in [6, 6.07) is 5.29. The summed E-state index contributed by atoms with van der Waals surface area (Å²) in [5.41, 5.74) is 2.56. The van der Waals surface area contributed by atoms with Gasteiger partial charge in [-0.3, -0.25) is 9.59 Å². The second-order valence-corrected chi connectivity index (χ2v) is 5.89. The average Bonchev–Trinajstić information content (AvgIpc) is 2.98. The summed E-state index contributed by atoms with van der Waals surface area (Å²) < 4.78 is 10.5. The van der Waals surface area contributed by atoms with Crippen molar-refractivity contribution in [2.45, 2.75) is 32.7 Å². The fourth-order valence-corrected chi connectivity index (χ4v) is 2.92. The number of ether oxygens (including phenoxy) is 2. The number of methoxy groups -OCH3 is 2. The van der Waals surface area contributed by atoms with Crippen LogP contribution < -0.4 is 9.47 Å². The Kier molecular flexibility index (Phi) is 5.84. The molecule has 0 aromatic heterocycles. The quantitative estimate of drug-likeness (QED) is 0.830.